The van der Waals surface area contributed by atoms with Crippen molar-refractivity contribution >= 4 is 16.8 Å². The Kier molecular flexibility index (Phi) is 3.68. The summed E-state index contributed by atoms with van der Waals surface area (Å²) in [5, 5.41) is 3.91. The van der Waals surface area contributed by atoms with E-state index in [-0.39, 0.29) is 11.3 Å². The zero-order valence-electron chi connectivity index (χ0n) is 14.1. The van der Waals surface area contributed by atoms with E-state index in [1.54, 1.807) is 7.11 Å². The first-order valence-electron chi connectivity index (χ1n) is 8.43. The smallest absolute Gasteiger partial charge is 0.252 e. The third-order valence-electron chi connectivity index (χ3n) is 4.85. The largest absolute Gasteiger partial charge is 0.497 e. The molecule has 1 N–H and O–H groups in total. The second-order valence-corrected chi connectivity index (χ2v) is 7.24. The minimum Gasteiger partial charge on any atom is -0.497 e. The molecule has 2 heterocycles. The van der Waals surface area contributed by atoms with Gasteiger partial charge >= 0.3 is 0 Å². The first-order valence-corrected chi connectivity index (χ1v) is 8.43. The van der Waals surface area contributed by atoms with E-state index in [1.807, 2.05) is 24.3 Å². The third-order valence-corrected chi connectivity index (χ3v) is 4.85. The highest BCUT2D eigenvalue weighted by Gasteiger charge is 2.34. The number of rotatable bonds is 5. The highest BCUT2D eigenvalue weighted by molar-refractivity contribution is 6.06. The maximum Gasteiger partial charge on any atom is 0.252 e. The molecule has 1 amide bonds. The van der Waals surface area contributed by atoms with Gasteiger partial charge in [-0.1, -0.05) is 6.92 Å². The van der Waals surface area contributed by atoms with Crippen molar-refractivity contribution in [2.45, 2.75) is 25.7 Å². The summed E-state index contributed by atoms with van der Waals surface area (Å²) >= 11 is 0. The molecular weight excluding hydrogens is 304 g/mol. The number of carbonyl (C=O) groups excluding carboxylic acids is 1. The summed E-state index contributed by atoms with van der Waals surface area (Å²) in [5.74, 6) is 1.18. The lowest BCUT2D eigenvalue weighted by molar-refractivity contribution is -0.0978. The van der Waals surface area contributed by atoms with Gasteiger partial charge in [0.2, 0.25) is 0 Å². The molecule has 4 rings (SSSR count). The number of methoxy groups -OCH3 is 1. The number of fused-ring (bicyclic) bond motifs is 1. The van der Waals surface area contributed by atoms with Crippen LogP contribution in [0.15, 0.2) is 24.3 Å². The van der Waals surface area contributed by atoms with E-state index in [0.29, 0.717) is 31.2 Å². The van der Waals surface area contributed by atoms with Gasteiger partial charge in [-0.2, -0.15) is 0 Å². The Labute approximate surface area is 141 Å². The first kappa shape index (κ1) is 15.4. The minimum atomic E-state index is -0.0503. The summed E-state index contributed by atoms with van der Waals surface area (Å²) in [5.41, 5.74) is 2.61. The number of nitrogens with zero attached hydrogens (tertiary/aromatic N) is 1. The molecule has 0 bridgehead atoms. The fourth-order valence-electron chi connectivity index (χ4n) is 3.07. The average molecular weight is 326 g/mol. The van der Waals surface area contributed by atoms with Gasteiger partial charge in [-0.15, -0.1) is 0 Å². The number of hydrogen-bond acceptors (Lipinski definition) is 4. The van der Waals surface area contributed by atoms with Gasteiger partial charge in [-0.05, 0) is 37.1 Å². The second kappa shape index (κ2) is 5.74. The van der Waals surface area contributed by atoms with Crippen LogP contribution in [0.1, 0.15) is 41.7 Å². The topological polar surface area (TPSA) is 60.5 Å². The van der Waals surface area contributed by atoms with Crippen LogP contribution in [0.3, 0.4) is 0 Å². The monoisotopic (exact) mass is 326 g/mol. The Balaban J connectivity index is 1.69. The molecule has 5 nitrogen and oxygen atoms in total. The molecule has 0 radical (unpaired) electrons. The molecule has 1 aromatic carbocycles. The highest BCUT2D eigenvalue weighted by Crippen LogP contribution is 2.40. The quantitative estimate of drug-likeness (QED) is 0.918. The fourth-order valence-corrected chi connectivity index (χ4v) is 3.07. The molecule has 0 unspecified atom stereocenters. The van der Waals surface area contributed by atoms with Crippen LogP contribution in [0.25, 0.3) is 10.9 Å². The van der Waals surface area contributed by atoms with E-state index in [0.717, 1.165) is 35.2 Å². The van der Waals surface area contributed by atoms with Crippen LogP contribution in [-0.4, -0.2) is 37.8 Å². The van der Waals surface area contributed by atoms with Crippen LogP contribution in [0.5, 0.6) is 5.75 Å². The lowest BCUT2D eigenvalue weighted by atomic mass is 9.88. The molecule has 1 saturated carbocycles. The van der Waals surface area contributed by atoms with E-state index in [9.17, 15) is 4.79 Å². The number of benzene rings is 1. The Bertz CT molecular complexity index is 795. The molecule has 2 fully saturated rings. The predicted octanol–water partition coefficient (Wildman–Crippen LogP) is 2.89. The van der Waals surface area contributed by atoms with E-state index in [1.165, 1.54) is 0 Å². The molecule has 1 aromatic heterocycles. The summed E-state index contributed by atoms with van der Waals surface area (Å²) in [4.78, 5) is 17.6. The van der Waals surface area contributed by atoms with Gasteiger partial charge < -0.3 is 14.8 Å². The molecule has 0 atom stereocenters. The standard InChI is InChI=1S/C19H22N2O3/c1-19(10-24-11-19)9-20-18(22)15-8-17(12-3-4-12)21-16-6-5-13(23-2)7-14(15)16/h5-8,12H,3-4,9-11H2,1-2H3,(H,20,22). The molecule has 2 aromatic rings. The van der Waals surface area contributed by atoms with Gasteiger partial charge in [0.05, 0.1) is 31.4 Å². The Morgan fingerprint density at radius 2 is 2.17 bits per heavy atom. The Hall–Kier alpha value is -2.14. The van der Waals surface area contributed by atoms with Gasteiger partial charge in [0.25, 0.3) is 5.91 Å². The summed E-state index contributed by atoms with van der Waals surface area (Å²) in [6.45, 7) is 4.15. The predicted molar refractivity (Wildman–Crippen MR) is 91.5 cm³/mol. The summed E-state index contributed by atoms with van der Waals surface area (Å²) in [6, 6.07) is 7.66. The van der Waals surface area contributed by atoms with Crippen LogP contribution in [0.4, 0.5) is 0 Å². The van der Waals surface area contributed by atoms with Crippen LogP contribution >= 0.6 is 0 Å². The van der Waals surface area contributed by atoms with Crippen LogP contribution in [-0.2, 0) is 4.74 Å². The number of aromatic nitrogens is 1. The lowest BCUT2D eigenvalue weighted by Crippen LogP contribution is -2.48. The zero-order chi connectivity index (χ0) is 16.7. The highest BCUT2D eigenvalue weighted by atomic mass is 16.5. The van der Waals surface area contributed by atoms with Crippen molar-refractivity contribution in [1.29, 1.82) is 0 Å². The summed E-state index contributed by atoms with van der Waals surface area (Å²) in [6.07, 6.45) is 2.32. The van der Waals surface area contributed by atoms with E-state index < -0.39 is 0 Å². The molecule has 5 heteroatoms. The minimum absolute atomic E-state index is 0.0503. The first-order chi connectivity index (χ1) is 11.6. The normalized spacial score (nSPS) is 18.9. The van der Waals surface area contributed by atoms with Gasteiger partial charge in [0, 0.05) is 29.0 Å². The fraction of sp³-hybridized carbons (Fsp3) is 0.474. The second-order valence-electron chi connectivity index (χ2n) is 7.24. The van der Waals surface area contributed by atoms with Gasteiger partial charge in [0.1, 0.15) is 5.75 Å². The maximum atomic E-state index is 12.8. The van der Waals surface area contributed by atoms with Crippen LogP contribution in [0.2, 0.25) is 0 Å². The van der Waals surface area contributed by atoms with Gasteiger partial charge in [-0.3, -0.25) is 9.78 Å². The molecular formula is C19H22N2O3. The van der Waals surface area contributed by atoms with Gasteiger partial charge in [-0.25, -0.2) is 0 Å². The number of nitrogens with one attached hydrogen (secondary N) is 1. The number of hydrogen-bond donors (Lipinski definition) is 1. The van der Waals surface area contributed by atoms with E-state index in [2.05, 4.69) is 12.2 Å². The Morgan fingerprint density at radius 3 is 2.79 bits per heavy atom. The summed E-state index contributed by atoms with van der Waals surface area (Å²) < 4.78 is 10.6. The maximum absolute atomic E-state index is 12.8. The number of ether oxygens (including phenoxy) is 2. The molecule has 1 saturated heterocycles. The van der Waals surface area contributed by atoms with Crippen molar-refractivity contribution in [3.05, 3.63) is 35.5 Å². The summed E-state index contributed by atoms with van der Waals surface area (Å²) in [7, 11) is 1.63. The molecule has 0 spiro atoms. The van der Waals surface area contributed by atoms with E-state index >= 15 is 0 Å². The van der Waals surface area contributed by atoms with Crippen molar-refractivity contribution in [2.24, 2.45) is 5.41 Å². The molecule has 1 aliphatic carbocycles. The molecule has 1 aliphatic heterocycles. The SMILES string of the molecule is COc1ccc2nc(C3CC3)cc(C(=O)NCC3(C)COC3)c2c1. The van der Waals surface area contributed by atoms with Gasteiger partial charge in [0.15, 0.2) is 0 Å². The van der Waals surface area contributed by atoms with Crippen LogP contribution in [0, 0.1) is 5.41 Å². The van der Waals surface area contributed by atoms with Crippen molar-refractivity contribution in [2.75, 3.05) is 26.9 Å². The lowest BCUT2D eigenvalue weighted by Gasteiger charge is -2.38. The molecule has 2 aliphatic rings. The van der Waals surface area contributed by atoms with Crippen molar-refractivity contribution < 1.29 is 14.3 Å². The third kappa shape index (κ3) is 2.84. The molecule has 24 heavy (non-hydrogen) atoms. The number of amides is 1. The number of carbonyl (C=O) groups is 1. The van der Waals surface area contributed by atoms with Crippen molar-refractivity contribution in [1.82, 2.24) is 10.3 Å². The Morgan fingerprint density at radius 1 is 1.38 bits per heavy atom. The number of pyridine rings is 1. The van der Waals surface area contributed by atoms with Crippen molar-refractivity contribution in [3.8, 4) is 5.75 Å². The van der Waals surface area contributed by atoms with Crippen LogP contribution < -0.4 is 10.1 Å². The molecule has 126 valence electrons. The average Bonchev–Trinajstić information content (AvgIpc) is 3.41. The van der Waals surface area contributed by atoms with E-state index in [4.69, 9.17) is 14.5 Å². The zero-order valence-corrected chi connectivity index (χ0v) is 14.1. The van der Waals surface area contributed by atoms with Crippen molar-refractivity contribution in [3.63, 3.8) is 0 Å².